The van der Waals surface area contributed by atoms with Gasteiger partial charge in [-0.15, -0.1) is 0 Å². The molecule has 1 aliphatic heterocycles. The largest absolute Gasteiger partial charge is 0.377 e. The van der Waals surface area contributed by atoms with E-state index >= 15 is 0 Å². The summed E-state index contributed by atoms with van der Waals surface area (Å²) in [5.41, 5.74) is 1.55. The zero-order valence-corrected chi connectivity index (χ0v) is 17.7. The molecule has 2 aliphatic carbocycles. The molecule has 1 saturated heterocycles. The first kappa shape index (κ1) is 20.2. The number of aliphatic imine (C=N–C) groups is 1. The van der Waals surface area contributed by atoms with Crippen LogP contribution in [0.4, 0.5) is 0 Å². The summed E-state index contributed by atoms with van der Waals surface area (Å²) in [6.45, 7) is 1.83. The predicted octanol–water partition coefficient (Wildman–Crippen LogP) is 2.20. The monoisotopic (exact) mass is 398 g/mol. The molecular formula is C23H34N4O2. The molecular weight excluding hydrogens is 364 g/mol. The molecule has 3 atom stereocenters. The van der Waals surface area contributed by atoms with Crippen molar-refractivity contribution in [1.29, 1.82) is 0 Å². The number of hydrogen-bond donors (Lipinski definition) is 2. The van der Waals surface area contributed by atoms with Crippen molar-refractivity contribution >= 4 is 11.9 Å². The van der Waals surface area contributed by atoms with Crippen molar-refractivity contribution in [2.24, 2.45) is 16.3 Å². The van der Waals surface area contributed by atoms with E-state index in [4.69, 9.17) is 4.74 Å². The summed E-state index contributed by atoms with van der Waals surface area (Å²) in [5, 5.41) is 7.20. The Bertz CT molecular complexity index is 728. The van der Waals surface area contributed by atoms with Crippen molar-refractivity contribution in [2.75, 3.05) is 33.8 Å². The molecule has 29 heavy (non-hydrogen) atoms. The molecule has 6 heteroatoms. The number of ether oxygens (including phenoxy) is 1. The van der Waals surface area contributed by atoms with Crippen LogP contribution >= 0.6 is 0 Å². The summed E-state index contributed by atoms with van der Waals surface area (Å²) in [6.07, 6.45) is 7.51. The number of guanidine groups is 1. The highest BCUT2D eigenvalue weighted by molar-refractivity contribution is 5.85. The molecule has 2 saturated carbocycles. The zero-order chi connectivity index (χ0) is 20.3. The third-order valence-electron chi connectivity index (χ3n) is 7.00. The van der Waals surface area contributed by atoms with Crippen molar-refractivity contribution in [3.63, 3.8) is 0 Å². The smallest absolute Gasteiger partial charge is 0.243 e. The van der Waals surface area contributed by atoms with Crippen LogP contribution in [0.1, 0.15) is 37.7 Å². The Kier molecular flexibility index (Phi) is 6.09. The second-order valence-electron chi connectivity index (χ2n) is 8.92. The number of carbonyl (C=O) groups excluding carboxylic acids is 1. The Morgan fingerprint density at radius 1 is 1.24 bits per heavy atom. The molecule has 0 aromatic heterocycles. The van der Waals surface area contributed by atoms with Crippen LogP contribution in [-0.2, 0) is 16.0 Å². The molecule has 2 N–H and O–H groups in total. The van der Waals surface area contributed by atoms with Crippen LogP contribution in [0.25, 0.3) is 0 Å². The molecule has 4 rings (SSSR count). The number of hydrogen-bond acceptors (Lipinski definition) is 3. The van der Waals surface area contributed by atoms with Gasteiger partial charge < -0.3 is 20.3 Å². The molecule has 1 amide bonds. The first-order chi connectivity index (χ1) is 14.1. The van der Waals surface area contributed by atoms with E-state index in [1.807, 2.05) is 6.07 Å². The van der Waals surface area contributed by atoms with Gasteiger partial charge in [0.15, 0.2) is 5.96 Å². The Balaban J connectivity index is 1.43. The van der Waals surface area contributed by atoms with Crippen LogP contribution in [0.3, 0.4) is 0 Å². The van der Waals surface area contributed by atoms with Crippen molar-refractivity contribution < 1.29 is 9.53 Å². The molecule has 1 spiro atoms. The normalized spacial score (nSPS) is 27.4. The second kappa shape index (κ2) is 8.74. The molecule has 0 bridgehead atoms. The number of nitrogens with zero attached hydrogens (tertiary/aromatic N) is 2. The number of fused-ring (bicyclic) bond motifs is 2. The Morgan fingerprint density at radius 3 is 2.72 bits per heavy atom. The number of carbonyl (C=O) groups is 1. The average Bonchev–Trinajstić information content (AvgIpc) is 3.39. The van der Waals surface area contributed by atoms with E-state index in [2.05, 4.69) is 39.9 Å². The van der Waals surface area contributed by atoms with E-state index in [0.717, 1.165) is 32.0 Å². The molecule has 158 valence electrons. The lowest BCUT2D eigenvalue weighted by molar-refractivity contribution is -0.127. The average molecular weight is 399 g/mol. The van der Waals surface area contributed by atoms with E-state index in [0.29, 0.717) is 18.1 Å². The highest BCUT2D eigenvalue weighted by Gasteiger charge is 2.65. The van der Waals surface area contributed by atoms with Crippen LogP contribution in [0.5, 0.6) is 0 Å². The van der Waals surface area contributed by atoms with Gasteiger partial charge in [0.1, 0.15) is 6.54 Å². The second-order valence-corrected chi connectivity index (χ2v) is 8.92. The number of rotatable bonds is 6. The van der Waals surface area contributed by atoms with Gasteiger partial charge in [0.25, 0.3) is 0 Å². The fourth-order valence-corrected chi connectivity index (χ4v) is 5.46. The van der Waals surface area contributed by atoms with Gasteiger partial charge in [-0.05, 0) is 31.2 Å². The summed E-state index contributed by atoms with van der Waals surface area (Å²) in [5.74, 6) is 1.34. The van der Waals surface area contributed by atoms with Gasteiger partial charge in [-0.2, -0.15) is 0 Å². The molecule has 1 heterocycles. The maximum atomic E-state index is 12.1. The summed E-state index contributed by atoms with van der Waals surface area (Å²) < 4.78 is 6.11. The minimum atomic E-state index is 0.0143. The Morgan fingerprint density at radius 2 is 2.00 bits per heavy atom. The summed E-state index contributed by atoms with van der Waals surface area (Å²) >= 11 is 0. The Labute approximate surface area is 174 Å². The van der Waals surface area contributed by atoms with E-state index in [1.54, 1.807) is 19.0 Å². The number of benzene rings is 1. The van der Waals surface area contributed by atoms with Crippen LogP contribution in [0, 0.1) is 11.3 Å². The van der Waals surface area contributed by atoms with E-state index < -0.39 is 0 Å². The van der Waals surface area contributed by atoms with Gasteiger partial charge in [0, 0.05) is 44.6 Å². The van der Waals surface area contributed by atoms with Crippen molar-refractivity contribution in [3.05, 3.63) is 35.9 Å². The first-order valence-corrected chi connectivity index (χ1v) is 11.0. The highest BCUT2D eigenvalue weighted by atomic mass is 16.5. The lowest BCUT2D eigenvalue weighted by Gasteiger charge is -2.57. The van der Waals surface area contributed by atoms with Crippen molar-refractivity contribution in [1.82, 2.24) is 15.5 Å². The van der Waals surface area contributed by atoms with Gasteiger partial charge in [0.2, 0.25) is 5.91 Å². The third-order valence-corrected chi connectivity index (χ3v) is 7.00. The summed E-state index contributed by atoms with van der Waals surface area (Å²) in [7, 11) is 3.54. The fourth-order valence-electron chi connectivity index (χ4n) is 5.46. The minimum absolute atomic E-state index is 0.0143. The first-order valence-electron chi connectivity index (χ1n) is 11.0. The maximum Gasteiger partial charge on any atom is 0.243 e. The van der Waals surface area contributed by atoms with Crippen molar-refractivity contribution in [2.45, 2.75) is 50.7 Å². The number of likely N-dealkylation sites (N-methyl/N-ethyl adjacent to an activating group) is 1. The number of nitrogens with one attached hydrogen (secondary N) is 2. The van der Waals surface area contributed by atoms with Gasteiger partial charge >= 0.3 is 0 Å². The Hall–Kier alpha value is -2.08. The maximum absolute atomic E-state index is 12.1. The van der Waals surface area contributed by atoms with Gasteiger partial charge in [-0.1, -0.05) is 43.2 Å². The van der Waals surface area contributed by atoms with Gasteiger partial charge in [-0.3, -0.25) is 4.79 Å². The van der Waals surface area contributed by atoms with Crippen molar-refractivity contribution in [3.8, 4) is 0 Å². The molecule has 0 radical (unpaired) electrons. The van der Waals surface area contributed by atoms with Crippen LogP contribution in [0.15, 0.2) is 35.3 Å². The molecule has 1 aromatic rings. The van der Waals surface area contributed by atoms with Gasteiger partial charge in [-0.25, -0.2) is 4.99 Å². The number of amides is 1. The lowest BCUT2D eigenvalue weighted by Crippen LogP contribution is -2.69. The van der Waals surface area contributed by atoms with E-state index in [1.165, 1.54) is 31.2 Å². The topological polar surface area (TPSA) is 66.0 Å². The molecule has 3 unspecified atom stereocenters. The molecule has 1 aromatic carbocycles. The lowest BCUT2D eigenvalue weighted by atomic mass is 9.54. The van der Waals surface area contributed by atoms with Crippen LogP contribution in [-0.4, -0.2) is 62.7 Å². The minimum Gasteiger partial charge on any atom is -0.377 e. The van der Waals surface area contributed by atoms with E-state index in [9.17, 15) is 4.79 Å². The van der Waals surface area contributed by atoms with Crippen LogP contribution in [0.2, 0.25) is 0 Å². The summed E-state index contributed by atoms with van der Waals surface area (Å²) in [6, 6.07) is 10.8. The van der Waals surface area contributed by atoms with Gasteiger partial charge in [0.05, 0.1) is 6.10 Å². The highest BCUT2D eigenvalue weighted by Crippen LogP contribution is 2.60. The SMILES string of the molecule is CN(C)C(=O)CN=C(NCCc1ccccc1)NC1C2CCOC2C12CCCC2. The molecule has 3 fully saturated rings. The van der Waals surface area contributed by atoms with Crippen LogP contribution < -0.4 is 10.6 Å². The fraction of sp³-hybridized carbons (Fsp3) is 0.652. The third kappa shape index (κ3) is 4.13. The quantitative estimate of drug-likeness (QED) is 0.570. The predicted molar refractivity (Wildman–Crippen MR) is 115 cm³/mol. The molecule has 6 nitrogen and oxygen atoms in total. The zero-order valence-electron chi connectivity index (χ0n) is 17.7. The van der Waals surface area contributed by atoms with E-state index in [-0.39, 0.29) is 17.9 Å². The molecule has 3 aliphatic rings. The standard InChI is InChI=1S/C23H34N4O2/c1-27(2)19(28)16-25-22(24-14-10-17-8-4-3-5-9-17)26-20-18-11-15-29-21(18)23(20)12-6-7-13-23/h3-5,8-9,18,20-21H,6-7,10-16H2,1-2H3,(H2,24,25,26). The summed E-state index contributed by atoms with van der Waals surface area (Å²) in [4.78, 5) is 18.3.